The number of ether oxygens (including phenoxy) is 1. The van der Waals surface area contributed by atoms with E-state index in [9.17, 15) is 9.90 Å². The molecule has 0 aliphatic carbocycles. The number of aliphatic hydroxyl groups is 1. The van der Waals surface area contributed by atoms with E-state index in [1.54, 1.807) is 11.3 Å². The molecule has 114 valence electrons. The Labute approximate surface area is 124 Å². The van der Waals surface area contributed by atoms with E-state index in [2.05, 4.69) is 10.6 Å². The van der Waals surface area contributed by atoms with Crippen LogP contribution in [0.1, 0.15) is 24.6 Å². The lowest BCUT2D eigenvalue weighted by Gasteiger charge is -2.12. The summed E-state index contributed by atoms with van der Waals surface area (Å²) < 4.78 is 5.41. The van der Waals surface area contributed by atoms with Crippen molar-refractivity contribution in [2.75, 3.05) is 26.2 Å². The van der Waals surface area contributed by atoms with Crippen LogP contribution in [0.5, 0.6) is 0 Å². The topological polar surface area (TPSA) is 70.6 Å². The van der Waals surface area contributed by atoms with Crippen molar-refractivity contribution >= 4 is 17.2 Å². The maximum Gasteiger partial charge on any atom is 0.221 e. The number of rotatable bonds is 11. The van der Waals surface area contributed by atoms with Gasteiger partial charge in [0.25, 0.3) is 0 Å². The molecule has 0 saturated heterocycles. The Balaban J connectivity index is 1.94. The summed E-state index contributed by atoms with van der Waals surface area (Å²) in [5, 5.41) is 17.6. The van der Waals surface area contributed by atoms with Gasteiger partial charge in [0, 0.05) is 30.9 Å². The van der Waals surface area contributed by atoms with Gasteiger partial charge in [0.1, 0.15) is 0 Å². The molecule has 1 atom stereocenters. The SMILES string of the molecule is CCCNC(=O)CCNCC(O)COCc1cccs1. The van der Waals surface area contributed by atoms with E-state index in [0.29, 0.717) is 32.7 Å². The Hall–Kier alpha value is -0.950. The third kappa shape index (κ3) is 8.27. The molecule has 1 unspecified atom stereocenters. The Kier molecular flexibility index (Phi) is 9.23. The zero-order valence-corrected chi connectivity index (χ0v) is 12.7. The molecule has 0 radical (unpaired) electrons. The van der Waals surface area contributed by atoms with Crippen molar-refractivity contribution in [1.29, 1.82) is 0 Å². The molecule has 1 aromatic heterocycles. The molecule has 0 aliphatic heterocycles. The average molecular weight is 300 g/mol. The molecular weight excluding hydrogens is 276 g/mol. The van der Waals surface area contributed by atoms with Crippen LogP contribution in [-0.2, 0) is 16.1 Å². The minimum atomic E-state index is -0.548. The minimum Gasteiger partial charge on any atom is -0.389 e. The van der Waals surface area contributed by atoms with Crippen molar-refractivity contribution in [3.8, 4) is 0 Å². The quantitative estimate of drug-likeness (QED) is 0.536. The largest absolute Gasteiger partial charge is 0.389 e. The summed E-state index contributed by atoms with van der Waals surface area (Å²) in [7, 11) is 0. The molecule has 0 bridgehead atoms. The van der Waals surface area contributed by atoms with Crippen LogP contribution in [0.2, 0.25) is 0 Å². The number of hydrogen-bond acceptors (Lipinski definition) is 5. The lowest BCUT2D eigenvalue weighted by atomic mass is 10.3. The molecule has 1 amide bonds. The van der Waals surface area contributed by atoms with Crippen molar-refractivity contribution < 1.29 is 14.6 Å². The van der Waals surface area contributed by atoms with Crippen LogP contribution < -0.4 is 10.6 Å². The van der Waals surface area contributed by atoms with E-state index in [1.807, 2.05) is 24.4 Å². The number of carbonyl (C=O) groups excluding carboxylic acids is 1. The molecule has 20 heavy (non-hydrogen) atoms. The summed E-state index contributed by atoms with van der Waals surface area (Å²) in [6.07, 6.45) is 0.830. The number of thiophene rings is 1. The molecule has 1 aromatic rings. The summed E-state index contributed by atoms with van der Waals surface area (Å²) in [4.78, 5) is 12.5. The fourth-order valence-electron chi connectivity index (χ4n) is 1.57. The second-order valence-corrected chi connectivity index (χ2v) is 5.58. The van der Waals surface area contributed by atoms with Gasteiger partial charge < -0.3 is 20.5 Å². The van der Waals surface area contributed by atoms with Crippen molar-refractivity contribution in [2.24, 2.45) is 0 Å². The van der Waals surface area contributed by atoms with Gasteiger partial charge in [-0.3, -0.25) is 4.79 Å². The van der Waals surface area contributed by atoms with Gasteiger partial charge in [-0.1, -0.05) is 13.0 Å². The second-order valence-electron chi connectivity index (χ2n) is 4.55. The Morgan fingerprint density at radius 2 is 2.35 bits per heavy atom. The summed E-state index contributed by atoms with van der Waals surface area (Å²) in [5.74, 6) is 0.0442. The van der Waals surface area contributed by atoms with E-state index in [-0.39, 0.29) is 5.91 Å². The van der Waals surface area contributed by atoms with Crippen LogP contribution in [0.3, 0.4) is 0 Å². The molecule has 5 nitrogen and oxygen atoms in total. The molecular formula is C14H24N2O3S. The predicted octanol–water partition coefficient (Wildman–Crippen LogP) is 1.13. The van der Waals surface area contributed by atoms with Crippen LogP contribution in [0.25, 0.3) is 0 Å². The van der Waals surface area contributed by atoms with Crippen LogP contribution in [0, 0.1) is 0 Å². The van der Waals surface area contributed by atoms with Gasteiger partial charge in [0.05, 0.1) is 19.3 Å². The van der Waals surface area contributed by atoms with E-state index in [4.69, 9.17) is 4.74 Å². The molecule has 0 aromatic carbocycles. The molecule has 3 N–H and O–H groups in total. The highest BCUT2D eigenvalue weighted by molar-refractivity contribution is 7.09. The molecule has 1 heterocycles. The van der Waals surface area contributed by atoms with Gasteiger partial charge in [-0.25, -0.2) is 0 Å². The van der Waals surface area contributed by atoms with Gasteiger partial charge in [0.15, 0.2) is 0 Å². The second kappa shape index (κ2) is 10.8. The standard InChI is InChI=1S/C14H24N2O3S/c1-2-6-16-14(18)5-7-15-9-12(17)10-19-11-13-4-3-8-20-13/h3-4,8,12,15,17H,2,5-7,9-11H2,1H3,(H,16,18). The number of nitrogens with one attached hydrogen (secondary N) is 2. The fourth-order valence-corrected chi connectivity index (χ4v) is 2.21. The number of carbonyl (C=O) groups is 1. The van der Waals surface area contributed by atoms with Crippen LogP contribution >= 0.6 is 11.3 Å². The molecule has 0 spiro atoms. The normalized spacial score (nSPS) is 12.3. The molecule has 1 rings (SSSR count). The Morgan fingerprint density at radius 1 is 1.50 bits per heavy atom. The maximum atomic E-state index is 11.3. The van der Waals surface area contributed by atoms with E-state index in [0.717, 1.165) is 17.8 Å². The lowest BCUT2D eigenvalue weighted by molar-refractivity contribution is -0.121. The van der Waals surface area contributed by atoms with E-state index in [1.165, 1.54) is 0 Å². The summed E-state index contributed by atoms with van der Waals surface area (Å²) in [5.41, 5.74) is 0. The van der Waals surface area contributed by atoms with Gasteiger partial charge in [0.2, 0.25) is 5.91 Å². The van der Waals surface area contributed by atoms with Crippen molar-refractivity contribution in [3.05, 3.63) is 22.4 Å². The lowest BCUT2D eigenvalue weighted by Crippen LogP contribution is -2.33. The van der Waals surface area contributed by atoms with Gasteiger partial charge >= 0.3 is 0 Å². The van der Waals surface area contributed by atoms with E-state index < -0.39 is 6.10 Å². The third-order valence-corrected chi connectivity index (χ3v) is 3.47. The monoisotopic (exact) mass is 300 g/mol. The van der Waals surface area contributed by atoms with Crippen LogP contribution in [0.15, 0.2) is 17.5 Å². The predicted molar refractivity (Wildman–Crippen MR) is 80.8 cm³/mol. The van der Waals surface area contributed by atoms with Crippen LogP contribution in [0.4, 0.5) is 0 Å². The molecule has 0 aliphatic rings. The number of hydrogen-bond donors (Lipinski definition) is 3. The van der Waals surface area contributed by atoms with E-state index >= 15 is 0 Å². The maximum absolute atomic E-state index is 11.3. The van der Waals surface area contributed by atoms with Gasteiger partial charge in [-0.2, -0.15) is 0 Å². The first-order chi connectivity index (χ1) is 9.72. The van der Waals surface area contributed by atoms with Crippen molar-refractivity contribution in [2.45, 2.75) is 32.5 Å². The number of amides is 1. The first-order valence-corrected chi connectivity index (χ1v) is 7.86. The minimum absolute atomic E-state index is 0.0442. The molecule has 0 saturated carbocycles. The Bertz CT molecular complexity index is 357. The summed E-state index contributed by atoms with van der Waals surface area (Å²) >= 11 is 1.64. The highest BCUT2D eigenvalue weighted by Gasteiger charge is 2.05. The average Bonchev–Trinajstić information content (AvgIpc) is 2.94. The molecule has 6 heteroatoms. The zero-order valence-electron chi connectivity index (χ0n) is 11.9. The fraction of sp³-hybridized carbons (Fsp3) is 0.643. The number of aliphatic hydroxyl groups excluding tert-OH is 1. The van der Waals surface area contributed by atoms with Crippen LogP contribution in [-0.4, -0.2) is 43.4 Å². The summed E-state index contributed by atoms with van der Waals surface area (Å²) in [6.45, 7) is 4.58. The zero-order chi connectivity index (χ0) is 14.6. The first-order valence-electron chi connectivity index (χ1n) is 6.98. The highest BCUT2D eigenvalue weighted by atomic mass is 32.1. The molecule has 0 fully saturated rings. The van der Waals surface area contributed by atoms with Crippen molar-refractivity contribution in [1.82, 2.24) is 10.6 Å². The smallest absolute Gasteiger partial charge is 0.221 e. The van der Waals surface area contributed by atoms with Crippen molar-refractivity contribution in [3.63, 3.8) is 0 Å². The third-order valence-electron chi connectivity index (χ3n) is 2.62. The first kappa shape index (κ1) is 17.1. The van der Waals surface area contributed by atoms with Gasteiger partial charge in [-0.05, 0) is 17.9 Å². The van der Waals surface area contributed by atoms with Gasteiger partial charge in [-0.15, -0.1) is 11.3 Å². The summed E-state index contributed by atoms with van der Waals surface area (Å²) in [6, 6.07) is 3.98. The Morgan fingerprint density at radius 3 is 3.05 bits per heavy atom. The highest BCUT2D eigenvalue weighted by Crippen LogP contribution is 2.09.